The Morgan fingerprint density at radius 1 is 1.32 bits per heavy atom. The first-order valence-electron chi connectivity index (χ1n) is 6.40. The van der Waals surface area contributed by atoms with E-state index in [1.807, 2.05) is 43.5 Å². The van der Waals surface area contributed by atoms with E-state index in [1.54, 1.807) is 10.9 Å². The van der Waals surface area contributed by atoms with E-state index in [-0.39, 0.29) is 5.91 Å². The van der Waals surface area contributed by atoms with Crippen molar-refractivity contribution in [2.45, 2.75) is 13.3 Å². The monoisotopic (exact) mass is 258 g/mol. The number of nitrogens with zero attached hydrogens (tertiary/aromatic N) is 2. The fraction of sp³-hybridized carbons (Fsp3) is 0.286. The van der Waals surface area contributed by atoms with Crippen LogP contribution in [0.25, 0.3) is 5.69 Å². The Balaban J connectivity index is 1.90. The second kappa shape index (κ2) is 6.70. The molecule has 0 aliphatic rings. The van der Waals surface area contributed by atoms with Gasteiger partial charge in [0.2, 0.25) is 5.91 Å². The van der Waals surface area contributed by atoms with E-state index >= 15 is 0 Å². The molecule has 5 heteroatoms. The van der Waals surface area contributed by atoms with Crippen molar-refractivity contribution in [3.63, 3.8) is 0 Å². The van der Waals surface area contributed by atoms with Gasteiger partial charge in [-0.25, -0.2) is 4.68 Å². The highest BCUT2D eigenvalue weighted by molar-refractivity contribution is 5.90. The van der Waals surface area contributed by atoms with E-state index < -0.39 is 0 Å². The van der Waals surface area contributed by atoms with Crippen LogP contribution in [0, 0.1) is 0 Å². The maximum atomic E-state index is 11.6. The highest BCUT2D eigenvalue weighted by Crippen LogP contribution is 2.12. The first kappa shape index (κ1) is 13.3. The second-order valence-electron chi connectivity index (χ2n) is 4.15. The van der Waals surface area contributed by atoms with Crippen molar-refractivity contribution >= 4 is 11.6 Å². The zero-order chi connectivity index (χ0) is 13.5. The van der Waals surface area contributed by atoms with Crippen molar-refractivity contribution in [3.8, 4) is 5.69 Å². The molecule has 1 aromatic carbocycles. The molecule has 0 saturated carbocycles. The van der Waals surface area contributed by atoms with Crippen molar-refractivity contribution in [1.29, 1.82) is 0 Å². The van der Waals surface area contributed by atoms with Gasteiger partial charge in [0.25, 0.3) is 0 Å². The third kappa shape index (κ3) is 3.93. The lowest BCUT2D eigenvalue weighted by Gasteiger charge is -2.07. The molecule has 19 heavy (non-hydrogen) atoms. The zero-order valence-corrected chi connectivity index (χ0v) is 11.0. The summed E-state index contributed by atoms with van der Waals surface area (Å²) in [6, 6.07) is 9.47. The van der Waals surface area contributed by atoms with Crippen LogP contribution < -0.4 is 10.6 Å². The minimum Gasteiger partial charge on any atom is -0.326 e. The first-order valence-corrected chi connectivity index (χ1v) is 6.40. The number of hydrogen-bond donors (Lipinski definition) is 2. The number of rotatable bonds is 6. The Morgan fingerprint density at radius 3 is 2.74 bits per heavy atom. The van der Waals surface area contributed by atoms with Crippen LogP contribution in [0.1, 0.15) is 13.3 Å². The highest BCUT2D eigenvalue weighted by atomic mass is 16.1. The maximum Gasteiger partial charge on any atom is 0.225 e. The quantitative estimate of drug-likeness (QED) is 0.777. The molecule has 0 fully saturated rings. The maximum absolute atomic E-state index is 11.6. The van der Waals surface area contributed by atoms with Crippen LogP contribution in [0.5, 0.6) is 0 Å². The smallest absolute Gasteiger partial charge is 0.225 e. The number of carbonyl (C=O) groups is 1. The molecule has 2 rings (SSSR count). The van der Waals surface area contributed by atoms with Gasteiger partial charge in [-0.3, -0.25) is 4.79 Å². The Kier molecular flexibility index (Phi) is 4.69. The molecule has 1 heterocycles. The summed E-state index contributed by atoms with van der Waals surface area (Å²) in [5, 5.41) is 10.1. The Labute approximate surface area is 112 Å². The molecule has 0 aliphatic carbocycles. The molecule has 0 atom stereocenters. The lowest BCUT2D eigenvalue weighted by molar-refractivity contribution is -0.116. The standard InChI is InChI=1S/C14H18N4O/c1-2-15-10-8-14(19)17-12-4-6-13(7-5-12)18-11-3-9-16-18/h3-7,9,11,15H,2,8,10H2,1H3,(H,17,19). The molecule has 0 unspecified atom stereocenters. The van der Waals surface area contributed by atoms with Gasteiger partial charge < -0.3 is 10.6 Å². The second-order valence-corrected chi connectivity index (χ2v) is 4.15. The van der Waals surface area contributed by atoms with Gasteiger partial charge in [0.05, 0.1) is 5.69 Å². The topological polar surface area (TPSA) is 59.0 Å². The number of carbonyl (C=O) groups excluding carboxylic acids is 1. The number of anilines is 1. The van der Waals surface area contributed by atoms with Crippen molar-refractivity contribution in [1.82, 2.24) is 15.1 Å². The Morgan fingerprint density at radius 2 is 2.11 bits per heavy atom. The fourth-order valence-corrected chi connectivity index (χ4v) is 1.72. The summed E-state index contributed by atoms with van der Waals surface area (Å²) < 4.78 is 1.77. The normalized spacial score (nSPS) is 10.4. The van der Waals surface area contributed by atoms with E-state index in [2.05, 4.69) is 15.7 Å². The molecule has 0 spiro atoms. The molecule has 5 nitrogen and oxygen atoms in total. The van der Waals surface area contributed by atoms with Crippen molar-refractivity contribution < 1.29 is 4.79 Å². The van der Waals surface area contributed by atoms with Gasteiger partial charge in [-0.15, -0.1) is 0 Å². The molecule has 100 valence electrons. The van der Waals surface area contributed by atoms with Crippen LogP contribution in [-0.4, -0.2) is 28.8 Å². The lowest BCUT2D eigenvalue weighted by atomic mass is 10.2. The van der Waals surface area contributed by atoms with Crippen LogP contribution in [0.2, 0.25) is 0 Å². The molecule has 2 N–H and O–H groups in total. The summed E-state index contributed by atoms with van der Waals surface area (Å²) in [6.45, 7) is 3.60. The number of nitrogens with one attached hydrogen (secondary N) is 2. The summed E-state index contributed by atoms with van der Waals surface area (Å²) in [4.78, 5) is 11.6. The summed E-state index contributed by atoms with van der Waals surface area (Å²) in [7, 11) is 0. The fourth-order valence-electron chi connectivity index (χ4n) is 1.72. The average Bonchev–Trinajstić information content (AvgIpc) is 2.94. The van der Waals surface area contributed by atoms with Gasteiger partial charge in [0.1, 0.15) is 0 Å². The molecule has 0 radical (unpaired) electrons. The van der Waals surface area contributed by atoms with Gasteiger partial charge in [0.15, 0.2) is 0 Å². The summed E-state index contributed by atoms with van der Waals surface area (Å²) in [5.74, 6) is 0.0211. The van der Waals surface area contributed by atoms with Crippen LogP contribution in [0.4, 0.5) is 5.69 Å². The van der Waals surface area contributed by atoms with Crippen LogP contribution in [0.15, 0.2) is 42.7 Å². The van der Waals surface area contributed by atoms with Crippen molar-refractivity contribution in [3.05, 3.63) is 42.7 Å². The van der Waals surface area contributed by atoms with Crippen molar-refractivity contribution in [2.75, 3.05) is 18.4 Å². The van der Waals surface area contributed by atoms with Crippen LogP contribution in [0.3, 0.4) is 0 Å². The molecule has 0 saturated heterocycles. The molecule has 1 aromatic heterocycles. The Hall–Kier alpha value is -2.14. The van der Waals surface area contributed by atoms with Gasteiger partial charge in [0, 0.05) is 31.0 Å². The number of aromatic nitrogens is 2. The van der Waals surface area contributed by atoms with E-state index in [0.29, 0.717) is 13.0 Å². The summed E-state index contributed by atoms with van der Waals surface area (Å²) in [5.41, 5.74) is 1.77. The number of benzene rings is 1. The van der Waals surface area contributed by atoms with Crippen LogP contribution >= 0.6 is 0 Å². The van der Waals surface area contributed by atoms with Gasteiger partial charge in [-0.05, 0) is 36.9 Å². The van der Waals surface area contributed by atoms with E-state index in [1.165, 1.54) is 0 Å². The van der Waals surface area contributed by atoms with Crippen molar-refractivity contribution in [2.24, 2.45) is 0 Å². The highest BCUT2D eigenvalue weighted by Gasteiger charge is 2.02. The van der Waals surface area contributed by atoms with Crippen LogP contribution in [-0.2, 0) is 4.79 Å². The SMILES string of the molecule is CCNCCC(=O)Nc1ccc(-n2cccn2)cc1. The molecule has 1 amide bonds. The first-order chi connectivity index (χ1) is 9.29. The lowest BCUT2D eigenvalue weighted by Crippen LogP contribution is -2.21. The summed E-state index contributed by atoms with van der Waals surface area (Å²) >= 11 is 0. The third-order valence-electron chi connectivity index (χ3n) is 2.70. The van der Waals surface area contributed by atoms with E-state index in [4.69, 9.17) is 0 Å². The largest absolute Gasteiger partial charge is 0.326 e. The predicted octanol–water partition coefficient (Wildman–Crippen LogP) is 1.81. The van der Waals surface area contributed by atoms with Gasteiger partial charge >= 0.3 is 0 Å². The van der Waals surface area contributed by atoms with Gasteiger partial charge in [-0.2, -0.15) is 5.10 Å². The molecule has 2 aromatic rings. The molecule has 0 aliphatic heterocycles. The molecule has 0 bridgehead atoms. The molecular formula is C14H18N4O. The van der Waals surface area contributed by atoms with Gasteiger partial charge in [-0.1, -0.05) is 6.92 Å². The number of amides is 1. The Bertz CT molecular complexity index is 505. The van der Waals surface area contributed by atoms with E-state index in [0.717, 1.165) is 17.9 Å². The average molecular weight is 258 g/mol. The third-order valence-corrected chi connectivity index (χ3v) is 2.70. The molecular weight excluding hydrogens is 240 g/mol. The predicted molar refractivity (Wildman–Crippen MR) is 75.4 cm³/mol. The minimum atomic E-state index is 0.0211. The van der Waals surface area contributed by atoms with E-state index in [9.17, 15) is 4.79 Å². The minimum absolute atomic E-state index is 0.0211. The zero-order valence-electron chi connectivity index (χ0n) is 11.0. The summed E-state index contributed by atoms with van der Waals surface area (Å²) in [6.07, 6.45) is 4.09. The number of hydrogen-bond acceptors (Lipinski definition) is 3.